The Bertz CT molecular complexity index is 228. The summed E-state index contributed by atoms with van der Waals surface area (Å²) in [6.45, 7) is 1.78. The van der Waals surface area contributed by atoms with E-state index in [1.165, 1.54) is 0 Å². The second kappa shape index (κ2) is 6.73. The lowest BCUT2D eigenvalue weighted by Gasteiger charge is -1.99. The predicted molar refractivity (Wildman–Crippen MR) is 45.0 cm³/mol. The zero-order valence-electron chi connectivity index (χ0n) is 6.65. The molecule has 0 N–H and O–H groups in total. The molecule has 1 heteroatoms. The van der Waals surface area contributed by atoms with Crippen molar-refractivity contribution in [1.29, 1.82) is 5.26 Å². The molecule has 1 nitrogen and oxygen atoms in total. The summed E-state index contributed by atoms with van der Waals surface area (Å²) in [6.07, 6.45) is 7.00. The normalized spacial score (nSPS) is 7.64. The number of nitrogens with zero attached hydrogens (tertiary/aromatic N) is 1. The third-order valence-electron chi connectivity index (χ3n) is 1.22. The molecule has 0 bridgehead atoms. The Morgan fingerprint density at radius 2 is 2.27 bits per heavy atom. The Kier molecular flexibility index (Phi) is 5.88. The molecule has 0 aliphatic rings. The highest BCUT2D eigenvalue weighted by Gasteiger charge is 2.02. The maximum atomic E-state index is 8.27. The van der Waals surface area contributed by atoms with E-state index in [4.69, 9.17) is 11.7 Å². The minimum absolute atomic E-state index is 0.491. The van der Waals surface area contributed by atoms with Crippen molar-refractivity contribution in [3.63, 3.8) is 0 Å². The van der Waals surface area contributed by atoms with Crippen LogP contribution in [0.4, 0.5) is 0 Å². The lowest BCUT2D eigenvalue weighted by atomic mass is 10.0. The largest absolute Gasteiger partial charge is 0.198 e. The quantitative estimate of drug-likeness (QED) is 0.555. The molecule has 0 fully saturated rings. The van der Waals surface area contributed by atoms with Crippen LogP contribution in [0.5, 0.6) is 0 Å². The Balaban J connectivity index is 3.68. The van der Waals surface area contributed by atoms with Crippen LogP contribution >= 0.6 is 0 Å². The molecule has 0 saturated carbocycles. The Morgan fingerprint density at radius 3 is 2.73 bits per heavy atom. The van der Waals surface area contributed by atoms with E-state index in [1.54, 1.807) is 6.92 Å². The summed E-state index contributed by atoms with van der Waals surface area (Å²) in [5.74, 6) is 9.08. The minimum Gasteiger partial charge on any atom is -0.198 e. The first-order chi connectivity index (χ1) is 5.35. The number of hydrogen-bond donors (Lipinski definition) is 0. The highest BCUT2D eigenvalue weighted by molar-refractivity contribution is 5.22. The molecule has 55 valence electrons. The Morgan fingerprint density at radius 1 is 1.55 bits per heavy atom. The van der Waals surface area contributed by atoms with E-state index in [2.05, 4.69) is 17.8 Å². The van der Waals surface area contributed by atoms with Crippen LogP contribution < -0.4 is 0 Å². The summed E-state index contributed by atoms with van der Waals surface area (Å²) in [4.78, 5) is 0. The first kappa shape index (κ1) is 9.61. The lowest BCUT2D eigenvalue weighted by Crippen LogP contribution is -1.91. The fourth-order valence-corrected chi connectivity index (χ4v) is 0.613. The molecule has 0 spiro atoms. The zero-order valence-corrected chi connectivity index (χ0v) is 6.65. The summed E-state index contributed by atoms with van der Waals surface area (Å²) >= 11 is 0. The van der Waals surface area contributed by atoms with Crippen molar-refractivity contribution in [2.45, 2.75) is 26.2 Å². The van der Waals surface area contributed by atoms with Gasteiger partial charge in [0.25, 0.3) is 0 Å². The third-order valence-corrected chi connectivity index (χ3v) is 1.22. The van der Waals surface area contributed by atoms with E-state index < -0.39 is 0 Å². The van der Waals surface area contributed by atoms with Gasteiger partial charge in [0.1, 0.15) is 0 Å². The molecule has 11 heavy (non-hydrogen) atoms. The molecule has 0 unspecified atom stereocenters. The second-order valence-electron chi connectivity index (χ2n) is 2.01. The van der Waals surface area contributed by atoms with Crippen LogP contribution in [0.2, 0.25) is 0 Å². The average molecular weight is 144 g/mol. The van der Waals surface area contributed by atoms with Crippen LogP contribution in [0.25, 0.3) is 0 Å². The first-order valence-corrected chi connectivity index (χ1v) is 3.43. The SMILES string of the molecule is C#C[C](CC#CC)CCC#N. The summed E-state index contributed by atoms with van der Waals surface area (Å²) in [6, 6.07) is 2.04. The van der Waals surface area contributed by atoms with Gasteiger partial charge in [-0.1, -0.05) is 5.92 Å². The van der Waals surface area contributed by atoms with Crippen molar-refractivity contribution in [1.82, 2.24) is 0 Å². The van der Waals surface area contributed by atoms with Crippen molar-refractivity contribution >= 4 is 0 Å². The molecule has 0 aliphatic heterocycles. The van der Waals surface area contributed by atoms with Crippen LogP contribution in [-0.4, -0.2) is 0 Å². The highest BCUT2D eigenvalue weighted by atomic mass is 14.2. The van der Waals surface area contributed by atoms with Gasteiger partial charge < -0.3 is 0 Å². The van der Waals surface area contributed by atoms with Crippen molar-refractivity contribution < 1.29 is 0 Å². The van der Waals surface area contributed by atoms with Crippen LogP contribution in [0.15, 0.2) is 0 Å². The van der Waals surface area contributed by atoms with Gasteiger partial charge in [0.05, 0.1) is 12.0 Å². The van der Waals surface area contributed by atoms with Crippen LogP contribution in [0.1, 0.15) is 26.2 Å². The van der Waals surface area contributed by atoms with Gasteiger partial charge in [-0.3, -0.25) is 0 Å². The van der Waals surface area contributed by atoms with E-state index in [0.29, 0.717) is 19.3 Å². The van der Waals surface area contributed by atoms with Crippen molar-refractivity contribution in [2.24, 2.45) is 0 Å². The summed E-state index contributed by atoms with van der Waals surface area (Å²) < 4.78 is 0. The molecular formula is C10H10N. The maximum Gasteiger partial charge on any atom is 0.0622 e. The minimum atomic E-state index is 0.491. The third kappa shape index (κ3) is 5.07. The van der Waals surface area contributed by atoms with E-state index >= 15 is 0 Å². The Hall–Kier alpha value is -1.39. The van der Waals surface area contributed by atoms with E-state index in [-0.39, 0.29) is 0 Å². The lowest BCUT2D eigenvalue weighted by molar-refractivity contribution is 0.883. The van der Waals surface area contributed by atoms with Gasteiger partial charge in [0.15, 0.2) is 0 Å². The first-order valence-electron chi connectivity index (χ1n) is 3.43. The molecule has 0 aliphatic carbocycles. The molecule has 1 radical (unpaired) electrons. The standard InChI is InChI=1S/C10H10N/c1-3-5-7-10(4-2)8-6-9-11/h2H,6-8H2,1H3. The average Bonchev–Trinajstić information content (AvgIpc) is 2.05. The van der Waals surface area contributed by atoms with E-state index in [0.717, 1.165) is 5.92 Å². The van der Waals surface area contributed by atoms with Crippen LogP contribution in [0, 0.1) is 41.4 Å². The monoisotopic (exact) mass is 144 g/mol. The van der Waals surface area contributed by atoms with Crippen molar-refractivity contribution in [3.8, 4) is 30.3 Å². The maximum absolute atomic E-state index is 8.27. The highest BCUT2D eigenvalue weighted by Crippen LogP contribution is 2.10. The van der Waals surface area contributed by atoms with Gasteiger partial charge in [-0.05, 0) is 13.3 Å². The van der Waals surface area contributed by atoms with Gasteiger partial charge in [-0.25, -0.2) is 0 Å². The Labute approximate surface area is 68.4 Å². The molecule has 0 saturated heterocycles. The molecular weight excluding hydrogens is 134 g/mol. The van der Waals surface area contributed by atoms with Gasteiger partial charge >= 0.3 is 0 Å². The predicted octanol–water partition coefficient (Wildman–Crippen LogP) is 1.91. The molecule has 0 aromatic rings. The van der Waals surface area contributed by atoms with Crippen molar-refractivity contribution in [3.05, 3.63) is 5.92 Å². The van der Waals surface area contributed by atoms with E-state index in [9.17, 15) is 0 Å². The van der Waals surface area contributed by atoms with Crippen LogP contribution in [0.3, 0.4) is 0 Å². The van der Waals surface area contributed by atoms with Crippen LogP contribution in [-0.2, 0) is 0 Å². The van der Waals surface area contributed by atoms with Crippen molar-refractivity contribution in [2.75, 3.05) is 0 Å². The summed E-state index contributed by atoms with van der Waals surface area (Å²) in [5, 5.41) is 8.27. The topological polar surface area (TPSA) is 23.8 Å². The second-order valence-corrected chi connectivity index (χ2v) is 2.01. The number of rotatable bonds is 3. The zero-order chi connectivity index (χ0) is 8.53. The summed E-state index contributed by atoms with van der Waals surface area (Å²) in [7, 11) is 0. The molecule has 0 aromatic heterocycles. The fraction of sp³-hybridized carbons (Fsp3) is 0.400. The molecule has 0 atom stereocenters. The number of terminal acetylenes is 1. The van der Waals surface area contributed by atoms with E-state index in [1.807, 2.05) is 6.07 Å². The molecule has 0 heterocycles. The van der Waals surface area contributed by atoms with Gasteiger partial charge in [-0.15, -0.1) is 18.3 Å². The summed E-state index contributed by atoms with van der Waals surface area (Å²) in [5.41, 5.74) is 0. The number of hydrogen-bond acceptors (Lipinski definition) is 1. The smallest absolute Gasteiger partial charge is 0.0622 e. The van der Waals surface area contributed by atoms with Gasteiger partial charge in [0.2, 0.25) is 0 Å². The fourth-order valence-electron chi connectivity index (χ4n) is 0.613. The molecule has 0 aromatic carbocycles. The van der Waals surface area contributed by atoms with Gasteiger partial charge in [-0.2, -0.15) is 5.26 Å². The van der Waals surface area contributed by atoms with Gasteiger partial charge in [0, 0.05) is 12.8 Å². The molecule has 0 rings (SSSR count). The number of nitriles is 1. The molecule has 0 amide bonds.